The lowest BCUT2D eigenvalue weighted by molar-refractivity contribution is 0.0137. The Kier molecular flexibility index (Phi) is 5.41. The molecule has 132 valence electrons. The van der Waals surface area contributed by atoms with Crippen LogP contribution in [0.4, 0.5) is 0 Å². The molecular weight excluding hydrogens is 304 g/mol. The molecule has 0 bridgehead atoms. The quantitative estimate of drug-likeness (QED) is 0.924. The molecule has 2 fully saturated rings. The van der Waals surface area contributed by atoms with Crippen LogP contribution in [0.25, 0.3) is 0 Å². The minimum Gasteiger partial charge on any atom is -0.507 e. The Labute approximate surface area is 144 Å². The van der Waals surface area contributed by atoms with E-state index in [1.165, 1.54) is 0 Å². The Morgan fingerprint density at radius 1 is 1.17 bits per heavy atom. The summed E-state index contributed by atoms with van der Waals surface area (Å²) < 4.78 is 5.43. The molecule has 3 rings (SSSR count). The smallest absolute Gasteiger partial charge is 0.257 e. The monoisotopic (exact) mass is 332 g/mol. The summed E-state index contributed by atoms with van der Waals surface area (Å²) in [4.78, 5) is 17.1. The zero-order valence-corrected chi connectivity index (χ0v) is 14.7. The summed E-state index contributed by atoms with van der Waals surface area (Å²) in [5, 5.41) is 10.2. The van der Waals surface area contributed by atoms with Crippen molar-refractivity contribution in [1.82, 2.24) is 9.80 Å². The molecule has 2 aliphatic heterocycles. The van der Waals surface area contributed by atoms with Crippen LogP contribution in [0.2, 0.25) is 0 Å². The molecule has 2 saturated heterocycles. The molecule has 1 aromatic carbocycles. The van der Waals surface area contributed by atoms with E-state index in [0.717, 1.165) is 57.8 Å². The minimum absolute atomic E-state index is 0.0607. The lowest BCUT2D eigenvalue weighted by Gasteiger charge is -2.40. The van der Waals surface area contributed by atoms with Gasteiger partial charge in [-0.1, -0.05) is 19.9 Å². The first kappa shape index (κ1) is 17.2. The highest BCUT2D eigenvalue weighted by molar-refractivity contribution is 5.97. The topological polar surface area (TPSA) is 53.0 Å². The third kappa shape index (κ3) is 3.73. The van der Waals surface area contributed by atoms with E-state index in [0.29, 0.717) is 17.5 Å². The molecule has 0 saturated carbocycles. The number of hydrogen-bond donors (Lipinski definition) is 1. The molecule has 0 atom stereocenters. The van der Waals surface area contributed by atoms with Gasteiger partial charge in [-0.3, -0.25) is 9.69 Å². The lowest BCUT2D eigenvalue weighted by Crippen LogP contribution is -2.53. The van der Waals surface area contributed by atoms with E-state index in [1.54, 1.807) is 12.1 Å². The number of piperazine rings is 1. The Hall–Kier alpha value is -1.59. The predicted octanol–water partition coefficient (Wildman–Crippen LogP) is 2.45. The Balaban J connectivity index is 1.60. The summed E-state index contributed by atoms with van der Waals surface area (Å²) >= 11 is 0. The number of carbonyl (C=O) groups is 1. The third-order valence-corrected chi connectivity index (χ3v) is 5.23. The zero-order valence-electron chi connectivity index (χ0n) is 14.7. The standard InChI is InChI=1S/C19H28N2O3/c1-14(2)15-3-4-17(18(22)13-15)19(23)21-9-7-20(8-10-21)16-5-11-24-12-6-16/h3-4,13-14,16,22H,5-12H2,1-2H3. The van der Waals surface area contributed by atoms with Crippen molar-refractivity contribution in [2.75, 3.05) is 39.4 Å². The summed E-state index contributed by atoms with van der Waals surface area (Å²) in [5.41, 5.74) is 1.47. The Bertz CT molecular complexity index is 574. The van der Waals surface area contributed by atoms with Crippen molar-refractivity contribution in [3.8, 4) is 5.75 Å². The SMILES string of the molecule is CC(C)c1ccc(C(=O)N2CCN(C3CCOCC3)CC2)c(O)c1. The fourth-order valence-electron chi connectivity index (χ4n) is 3.60. The van der Waals surface area contributed by atoms with E-state index in [4.69, 9.17) is 4.74 Å². The first-order valence-electron chi connectivity index (χ1n) is 9.00. The van der Waals surface area contributed by atoms with Gasteiger partial charge in [0.15, 0.2) is 0 Å². The number of phenolic OH excluding ortho intramolecular Hbond substituents is 1. The van der Waals surface area contributed by atoms with Crippen LogP contribution in [0, 0.1) is 0 Å². The summed E-state index contributed by atoms with van der Waals surface area (Å²) in [7, 11) is 0. The van der Waals surface area contributed by atoms with Gasteiger partial charge in [0, 0.05) is 45.4 Å². The second kappa shape index (κ2) is 7.53. The maximum atomic E-state index is 12.7. The number of aromatic hydroxyl groups is 1. The van der Waals surface area contributed by atoms with Crippen molar-refractivity contribution in [2.24, 2.45) is 0 Å². The summed E-state index contributed by atoms with van der Waals surface area (Å²) in [6, 6.07) is 6.01. The highest BCUT2D eigenvalue weighted by Crippen LogP contribution is 2.25. The second-order valence-corrected chi connectivity index (χ2v) is 7.10. The molecule has 0 aliphatic carbocycles. The fourth-order valence-corrected chi connectivity index (χ4v) is 3.60. The van der Waals surface area contributed by atoms with Crippen LogP contribution in [0.15, 0.2) is 18.2 Å². The van der Waals surface area contributed by atoms with Gasteiger partial charge in [0.2, 0.25) is 0 Å². The normalized spacial score (nSPS) is 20.5. The van der Waals surface area contributed by atoms with Crippen LogP contribution in [-0.4, -0.2) is 66.2 Å². The van der Waals surface area contributed by atoms with Crippen LogP contribution in [0.1, 0.15) is 48.5 Å². The Morgan fingerprint density at radius 3 is 2.42 bits per heavy atom. The lowest BCUT2D eigenvalue weighted by atomic mass is 10.0. The molecule has 5 nitrogen and oxygen atoms in total. The van der Waals surface area contributed by atoms with E-state index in [9.17, 15) is 9.90 Å². The van der Waals surface area contributed by atoms with Crippen molar-refractivity contribution >= 4 is 5.91 Å². The van der Waals surface area contributed by atoms with Crippen molar-refractivity contribution in [3.05, 3.63) is 29.3 Å². The number of hydrogen-bond acceptors (Lipinski definition) is 4. The van der Waals surface area contributed by atoms with E-state index >= 15 is 0 Å². The van der Waals surface area contributed by atoms with Gasteiger partial charge >= 0.3 is 0 Å². The minimum atomic E-state index is -0.0607. The molecule has 0 spiro atoms. The molecule has 1 aromatic rings. The van der Waals surface area contributed by atoms with Crippen molar-refractivity contribution in [2.45, 2.75) is 38.6 Å². The summed E-state index contributed by atoms with van der Waals surface area (Å²) in [6.07, 6.45) is 2.18. The van der Waals surface area contributed by atoms with Crippen LogP contribution in [0.3, 0.4) is 0 Å². The molecule has 2 aliphatic rings. The van der Waals surface area contributed by atoms with Crippen LogP contribution >= 0.6 is 0 Å². The first-order chi connectivity index (χ1) is 11.6. The third-order valence-electron chi connectivity index (χ3n) is 5.23. The maximum Gasteiger partial charge on any atom is 0.257 e. The summed E-state index contributed by atoms with van der Waals surface area (Å²) in [5.74, 6) is 0.371. The van der Waals surface area contributed by atoms with Gasteiger partial charge in [0.05, 0.1) is 5.56 Å². The number of ether oxygens (including phenoxy) is 1. The van der Waals surface area contributed by atoms with Gasteiger partial charge in [-0.2, -0.15) is 0 Å². The van der Waals surface area contributed by atoms with Crippen molar-refractivity contribution in [1.29, 1.82) is 0 Å². The number of nitrogens with zero attached hydrogens (tertiary/aromatic N) is 2. The number of phenols is 1. The van der Waals surface area contributed by atoms with Crippen LogP contribution in [0.5, 0.6) is 5.75 Å². The largest absolute Gasteiger partial charge is 0.507 e. The maximum absolute atomic E-state index is 12.7. The molecule has 24 heavy (non-hydrogen) atoms. The van der Waals surface area contributed by atoms with Gasteiger partial charge < -0.3 is 14.7 Å². The number of amides is 1. The van der Waals surface area contributed by atoms with Crippen molar-refractivity contribution < 1.29 is 14.6 Å². The van der Waals surface area contributed by atoms with Gasteiger partial charge in [0.25, 0.3) is 5.91 Å². The van der Waals surface area contributed by atoms with Crippen molar-refractivity contribution in [3.63, 3.8) is 0 Å². The molecule has 0 radical (unpaired) electrons. The average molecular weight is 332 g/mol. The van der Waals surface area contributed by atoms with Gasteiger partial charge in [-0.25, -0.2) is 0 Å². The number of benzene rings is 1. The van der Waals surface area contributed by atoms with E-state index in [1.807, 2.05) is 11.0 Å². The van der Waals surface area contributed by atoms with E-state index < -0.39 is 0 Å². The molecule has 1 N–H and O–H groups in total. The van der Waals surface area contributed by atoms with Gasteiger partial charge in [-0.05, 0) is 36.5 Å². The first-order valence-corrected chi connectivity index (χ1v) is 9.00. The molecule has 1 amide bonds. The fraction of sp³-hybridized carbons (Fsp3) is 0.632. The summed E-state index contributed by atoms with van der Waals surface area (Å²) in [6.45, 7) is 9.10. The zero-order chi connectivity index (χ0) is 17.1. The second-order valence-electron chi connectivity index (χ2n) is 7.10. The molecule has 0 unspecified atom stereocenters. The average Bonchev–Trinajstić information content (AvgIpc) is 2.62. The Morgan fingerprint density at radius 2 is 1.83 bits per heavy atom. The van der Waals surface area contributed by atoms with E-state index in [2.05, 4.69) is 18.7 Å². The number of carbonyl (C=O) groups excluding carboxylic acids is 1. The highest BCUT2D eigenvalue weighted by Gasteiger charge is 2.28. The molecule has 2 heterocycles. The predicted molar refractivity (Wildman–Crippen MR) is 93.5 cm³/mol. The number of rotatable bonds is 3. The molecule has 5 heteroatoms. The van der Waals surface area contributed by atoms with E-state index in [-0.39, 0.29) is 11.7 Å². The van der Waals surface area contributed by atoms with Crippen LogP contribution in [-0.2, 0) is 4.74 Å². The molecule has 0 aromatic heterocycles. The molecular formula is C19H28N2O3. The highest BCUT2D eigenvalue weighted by atomic mass is 16.5. The van der Waals surface area contributed by atoms with Crippen LogP contribution < -0.4 is 0 Å². The van der Waals surface area contributed by atoms with Gasteiger partial charge in [-0.15, -0.1) is 0 Å². The van der Waals surface area contributed by atoms with Gasteiger partial charge in [0.1, 0.15) is 5.75 Å².